The normalized spacial score (nSPS) is 26.6. The minimum atomic E-state index is -1.36. The van der Waals surface area contributed by atoms with Crippen molar-refractivity contribution in [1.82, 2.24) is 4.90 Å². The van der Waals surface area contributed by atoms with Crippen LogP contribution in [0, 0.1) is 0 Å². The maximum Gasteiger partial charge on any atom is 0.305 e. The van der Waals surface area contributed by atoms with Crippen LogP contribution in [0.4, 0.5) is 0 Å². The quantitative estimate of drug-likeness (QED) is 0.424. The van der Waals surface area contributed by atoms with Crippen molar-refractivity contribution in [2.24, 2.45) is 0 Å². The summed E-state index contributed by atoms with van der Waals surface area (Å²) in [5, 5.41) is 0. The molecule has 1 saturated heterocycles. The van der Waals surface area contributed by atoms with Gasteiger partial charge >= 0.3 is 23.9 Å². The summed E-state index contributed by atoms with van der Waals surface area (Å²) in [4.78, 5) is 59.1. The third-order valence-corrected chi connectivity index (χ3v) is 3.90. The van der Waals surface area contributed by atoms with E-state index in [2.05, 4.69) is 0 Å². The van der Waals surface area contributed by atoms with E-state index in [9.17, 15) is 24.0 Å². The van der Waals surface area contributed by atoms with Gasteiger partial charge in [0.05, 0.1) is 0 Å². The predicted octanol–water partition coefficient (Wildman–Crippen LogP) is -0.452. The van der Waals surface area contributed by atoms with Crippen LogP contribution in [0.25, 0.3) is 0 Å². The Balaban J connectivity index is 3.39. The minimum absolute atomic E-state index is 0.362. The van der Waals surface area contributed by atoms with E-state index in [1.165, 1.54) is 20.9 Å². The molecule has 158 valence electrons. The van der Waals surface area contributed by atoms with Crippen LogP contribution in [-0.2, 0) is 47.7 Å². The Bertz CT molecular complexity index is 633. The first kappa shape index (κ1) is 23.3. The molecule has 28 heavy (non-hydrogen) atoms. The van der Waals surface area contributed by atoms with Gasteiger partial charge in [-0.05, 0) is 0 Å². The SMILES string of the molecule is CC(=O)OC[C@@H]1O[C@@H](OC(C)=O)[C@@H](N(C)C(C)=O)[C@H](OC(C)=O)[C@H]1OC(C)=O. The lowest BCUT2D eigenvalue weighted by molar-refractivity contribution is -0.282. The van der Waals surface area contributed by atoms with Gasteiger partial charge in [0, 0.05) is 41.7 Å². The fourth-order valence-corrected chi connectivity index (χ4v) is 2.76. The Hall–Kier alpha value is -2.69. The summed E-state index contributed by atoms with van der Waals surface area (Å²) in [7, 11) is 1.39. The zero-order valence-electron chi connectivity index (χ0n) is 16.6. The van der Waals surface area contributed by atoms with Crippen molar-refractivity contribution in [3.8, 4) is 0 Å². The number of ether oxygens (including phenoxy) is 5. The number of carbonyl (C=O) groups is 5. The number of esters is 4. The van der Waals surface area contributed by atoms with E-state index in [0.29, 0.717) is 0 Å². The van der Waals surface area contributed by atoms with Gasteiger partial charge in [-0.3, -0.25) is 24.0 Å². The molecule has 1 aliphatic rings. The lowest BCUT2D eigenvalue weighted by atomic mass is 9.95. The fourth-order valence-electron chi connectivity index (χ4n) is 2.76. The van der Waals surface area contributed by atoms with E-state index >= 15 is 0 Å². The number of nitrogens with zero attached hydrogens (tertiary/aromatic N) is 1. The second kappa shape index (κ2) is 10.0. The average Bonchev–Trinajstić information content (AvgIpc) is 2.53. The van der Waals surface area contributed by atoms with E-state index in [-0.39, 0.29) is 6.61 Å². The molecular weight excluding hydrogens is 378 g/mol. The molecule has 0 aromatic carbocycles. The molecule has 0 spiro atoms. The van der Waals surface area contributed by atoms with E-state index in [0.717, 1.165) is 25.7 Å². The van der Waals surface area contributed by atoms with Crippen LogP contribution >= 0.6 is 0 Å². The zero-order valence-corrected chi connectivity index (χ0v) is 16.6. The van der Waals surface area contributed by atoms with Crippen LogP contribution < -0.4 is 0 Å². The minimum Gasteiger partial charge on any atom is -0.463 e. The Morgan fingerprint density at radius 3 is 1.71 bits per heavy atom. The molecular formula is C17H25NO10. The average molecular weight is 403 g/mol. The highest BCUT2D eigenvalue weighted by molar-refractivity contribution is 5.74. The van der Waals surface area contributed by atoms with Crippen molar-refractivity contribution in [2.75, 3.05) is 13.7 Å². The van der Waals surface area contributed by atoms with E-state index < -0.39 is 60.4 Å². The molecule has 0 aromatic rings. The first-order chi connectivity index (χ1) is 12.9. The van der Waals surface area contributed by atoms with E-state index in [1.54, 1.807) is 0 Å². The van der Waals surface area contributed by atoms with Gasteiger partial charge in [-0.15, -0.1) is 0 Å². The third-order valence-electron chi connectivity index (χ3n) is 3.90. The maximum atomic E-state index is 11.9. The van der Waals surface area contributed by atoms with Crippen molar-refractivity contribution in [1.29, 1.82) is 0 Å². The molecule has 1 amide bonds. The molecule has 0 N–H and O–H groups in total. The van der Waals surface area contributed by atoms with Crippen molar-refractivity contribution >= 4 is 29.8 Å². The Morgan fingerprint density at radius 2 is 1.29 bits per heavy atom. The van der Waals surface area contributed by atoms with Crippen molar-refractivity contribution in [2.45, 2.75) is 65.3 Å². The summed E-state index contributed by atoms with van der Waals surface area (Å²) in [6.07, 6.45) is -4.94. The van der Waals surface area contributed by atoms with E-state index in [1.807, 2.05) is 0 Å². The van der Waals surface area contributed by atoms with Gasteiger partial charge in [0.15, 0.2) is 12.2 Å². The first-order valence-corrected chi connectivity index (χ1v) is 8.47. The number of hydrogen-bond acceptors (Lipinski definition) is 10. The molecule has 5 atom stereocenters. The van der Waals surface area contributed by atoms with Crippen LogP contribution in [0.5, 0.6) is 0 Å². The molecule has 0 saturated carbocycles. The number of likely N-dealkylation sites (N-methyl/N-ethyl adjacent to an activating group) is 1. The Kier molecular flexibility index (Phi) is 8.35. The maximum absolute atomic E-state index is 11.9. The fraction of sp³-hybridized carbons (Fsp3) is 0.706. The Labute approximate surface area is 162 Å². The van der Waals surface area contributed by atoms with Crippen molar-refractivity contribution < 1.29 is 47.7 Å². The molecule has 0 radical (unpaired) electrons. The topological polar surface area (TPSA) is 135 Å². The van der Waals surface area contributed by atoms with Gasteiger partial charge in [-0.1, -0.05) is 0 Å². The third kappa shape index (κ3) is 6.48. The first-order valence-electron chi connectivity index (χ1n) is 8.47. The van der Waals surface area contributed by atoms with Crippen LogP contribution in [0.15, 0.2) is 0 Å². The summed E-state index contributed by atoms with van der Waals surface area (Å²) in [6.45, 7) is 5.46. The molecule has 0 bridgehead atoms. The van der Waals surface area contributed by atoms with Crippen molar-refractivity contribution in [3.05, 3.63) is 0 Å². The second-order valence-corrected chi connectivity index (χ2v) is 6.22. The number of carbonyl (C=O) groups excluding carboxylic acids is 5. The summed E-state index contributed by atoms with van der Waals surface area (Å²) in [6, 6.07) is -1.11. The van der Waals surface area contributed by atoms with Crippen LogP contribution in [0.1, 0.15) is 34.6 Å². The molecule has 0 aliphatic carbocycles. The molecule has 1 fully saturated rings. The Morgan fingerprint density at radius 1 is 0.786 bits per heavy atom. The highest BCUT2D eigenvalue weighted by Gasteiger charge is 2.53. The largest absolute Gasteiger partial charge is 0.463 e. The van der Waals surface area contributed by atoms with Gasteiger partial charge in [-0.25, -0.2) is 0 Å². The number of rotatable bonds is 6. The zero-order chi connectivity index (χ0) is 21.6. The van der Waals surface area contributed by atoms with Crippen LogP contribution in [0.3, 0.4) is 0 Å². The second-order valence-electron chi connectivity index (χ2n) is 6.22. The molecule has 11 heteroatoms. The van der Waals surface area contributed by atoms with E-state index in [4.69, 9.17) is 23.7 Å². The smallest absolute Gasteiger partial charge is 0.305 e. The molecule has 0 unspecified atom stereocenters. The highest BCUT2D eigenvalue weighted by atomic mass is 16.7. The molecule has 1 heterocycles. The van der Waals surface area contributed by atoms with Gasteiger partial charge < -0.3 is 28.6 Å². The van der Waals surface area contributed by atoms with Gasteiger partial charge in [0.1, 0.15) is 18.8 Å². The molecule has 1 rings (SSSR count). The summed E-state index contributed by atoms with van der Waals surface area (Å²) in [5.74, 6) is -3.22. The summed E-state index contributed by atoms with van der Waals surface area (Å²) >= 11 is 0. The van der Waals surface area contributed by atoms with Crippen molar-refractivity contribution in [3.63, 3.8) is 0 Å². The highest BCUT2D eigenvalue weighted by Crippen LogP contribution is 2.30. The molecule has 11 nitrogen and oxygen atoms in total. The predicted molar refractivity (Wildman–Crippen MR) is 90.4 cm³/mol. The van der Waals surface area contributed by atoms with Crippen LogP contribution in [-0.4, -0.2) is 79.0 Å². The monoisotopic (exact) mass is 403 g/mol. The molecule has 0 aromatic heterocycles. The summed E-state index contributed by atoms with van der Waals surface area (Å²) < 4.78 is 26.3. The lowest BCUT2D eigenvalue weighted by Gasteiger charge is -2.47. The van der Waals surface area contributed by atoms with Gasteiger partial charge in [0.25, 0.3) is 0 Å². The summed E-state index contributed by atoms with van der Waals surface area (Å²) in [5.41, 5.74) is 0. The molecule has 1 aliphatic heterocycles. The standard InChI is InChI=1S/C17H25NO10/c1-8(19)18(6)14-16(26-11(4)22)15(25-10(3)21)13(7-24-9(2)20)28-17(14)27-12(5)23/h13-17H,7H2,1-6H3/t13-,14-,15-,16-,17+/m0/s1. The number of amides is 1. The van der Waals surface area contributed by atoms with Crippen LogP contribution in [0.2, 0.25) is 0 Å². The van der Waals surface area contributed by atoms with Gasteiger partial charge in [-0.2, -0.15) is 0 Å². The lowest BCUT2D eigenvalue weighted by Crippen LogP contribution is -2.66. The van der Waals surface area contributed by atoms with Gasteiger partial charge in [0.2, 0.25) is 12.2 Å². The number of hydrogen-bond donors (Lipinski definition) is 0.